The van der Waals surface area contributed by atoms with Crippen LogP contribution in [0, 0.1) is 48.7 Å². The minimum absolute atomic E-state index is 0.0251. The molecule has 5 aliphatic rings. The molecule has 0 saturated carbocycles. The Morgan fingerprint density at radius 1 is 0.975 bits per heavy atom. The van der Waals surface area contributed by atoms with Crippen LogP contribution in [0.3, 0.4) is 0 Å². The van der Waals surface area contributed by atoms with Gasteiger partial charge in [-0.15, -0.1) is 17.8 Å². The smallest absolute Gasteiger partial charge is 0.319 e. The van der Waals surface area contributed by atoms with E-state index in [1.54, 1.807) is 22.4 Å². The van der Waals surface area contributed by atoms with Gasteiger partial charge in [-0.3, -0.25) is 19.5 Å². The zero-order chi connectivity index (χ0) is 56.1. The molecule has 0 radical (unpaired) electrons. The predicted octanol–water partition coefficient (Wildman–Crippen LogP) is 9.79. The van der Waals surface area contributed by atoms with E-state index in [1.807, 2.05) is 51.4 Å². The van der Waals surface area contributed by atoms with E-state index < -0.39 is 23.6 Å². The van der Waals surface area contributed by atoms with Crippen molar-refractivity contribution >= 4 is 56.5 Å². The van der Waals surface area contributed by atoms with Gasteiger partial charge in [-0.1, -0.05) is 55.3 Å². The van der Waals surface area contributed by atoms with Crippen LogP contribution in [0.25, 0.3) is 43.4 Å². The molecule has 5 fully saturated rings. The van der Waals surface area contributed by atoms with Crippen molar-refractivity contribution in [3.05, 3.63) is 101 Å². The third kappa shape index (κ3) is 10.9. The number of aromatic hydroxyl groups is 1. The SMILES string of the molecule is C#Cc1c(F)ccc2cc(O)cc(-c3ncc4c(N5C[C@@H]6C[C@H]5CN6)nc(OCCN5CCC(CC6CCN(c7cc([C@@H](C(=O)N8CCC[C@H]8C(=O)N[C@@H](C)c8ccc(-c9scnc9C)cc8)C(C)C)on7)CC6)CC5)nc4c3F)c12. The lowest BCUT2D eigenvalue weighted by molar-refractivity contribution is -0.141. The highest BCUT2D eigenvalue weighted by Gasteiger charge is 2.42. The summed E-state index contributed by atoms with van der Waals surface area (Å²) in [5.74, 6) is 3.13. The minimum atomic E-state index is -0.741. The van der Waals surface area contributed by atoms with Gasteiger partial charge in [0.25, 0.3) is 0 Å². The number of rotatable bonds is 16. The third-order valence-corrected chi connectivity index (χ3v) is 18.7. The van der Waals surface area contributed by atoms with E-state index in [9.17, 15) is 14.7 Å². The average Bonchev–Trinajstić information content (AvgIpc) is 4.56. The molecule has 2 amide bonds. The number of pyridine rings is 1. The van der Waals surface area contributed by atoms with Gasteiger partial charge in [0.2, 0.25) is 11.8 Å². The van der Waals surface area contributed by atoms with Crippen LogP contribution in [0.15, 0.2) is 70.8 Å². The number of terminal acetylenes is 1. The van der Waals surface area contributed by atoms with Gasteiger partial charge in [0, 0.05) is 74.6 Å². The molecule has 5 atom stereocenters. The maximum absolute atomic E-state index is 17.0. The monoisotopic (exact) mass is 1120 g/mol. The first kappa shape index (κ1) is 54.3. The third-order valence-electron chi connectivity index (χ3n) is 17.7. The number of anilines is 2. The van der Waals surface area contributed by atoms with Crippen LogP contribution in [0.4, 0.5) is 20.4 Å². The number of likely N-dealkylation sites (tertiary alicyclic amines) is 2. The molecule has 0 aliphatic carbocycles. The van der Waals surface area contributed by atoms with Gasteiger partial charge in [-0.25, -0.2) is 13.8 Å². The van der Waals surface area contributed by atoms with E-state index in [2.05, 4.69) is 63.5 Å². The molecule has 5 saturated heterocycles. The number of halogens is 2. The maximum atomic E-state index is 17.0. The highest BCUT2D eigenvalue weighted by molar-refractivity contribution is 7.13. The number of hydrogen-bond donors (Lipinski definition) is 3. The summed E-state index contributed by atoms with van der Waals surface area (Å²) >= 11 is 1.61. The highest BCUT2D eigenvalue weighted by Crippen LogP contribution is 2.41. The van der Waals surface area contributed by atoms with Gasteiger partial charge in [0.15, 0.2) is 17.4 Å². The topological polar surface area (TPSA) is 178 Å². The van der Waals surface area contributed by atoms with Crippen molar-refractivity contribution < 1.29 is 32.7 Å². The average molecular weight is 1120 g/mol. The maximum Gasteiger partial charge on any atom is 0.319 e. The van der Waals surface area contributed by atoms with Crippen molar-refractivity contribution in [2.75, 3.05) is 68.8 Å². The Kier molecular flexibility index (Phi) is 15.4. The Labute approximate surface area is 474 Å². The zero-order valence-corrected chi connectivity index (χ0v) is 47.2. The van der Waals surface area contributed by atoms with Crippen molar-refractivity contribution in [2.24, 2.45) is 17.8 Å². The number of phenolic OH excluding ortho intramolecular Hbond substituents is 1. The van der Waals surface area contributed by atoms with Gasteiger partial charge >= 0.3 is 6.01 Å². The summed E-state index contributed by atoms with van der Waals surface area (Å²) in [7, 11) is 0. The molecule has 422 valence electrons. The van der Waals surface area contributed by atoms with Crippen molar-refractivity contribution in [3.8, 4) is 45.8 Å². The second-order valence-corrected chi connectivity index (χ2v) is 24.1. The first-order chi connectivity index (χ1) is 39.3. The lowest BCUT2D eigenvalue weighted by atomic mass is 9.83. The number of aryl methyl sites for hydroxylation is 1. The Hall–Kier alpha value is -7.27. The van der Waals surface area contributed by atoms with Crippen LogP contribution < -0.4 is 25.2 Å². The summed E-state index contributed by atoms with van der Waals surface area (Å²) in [4.78, 5) is 56.4. The molecular formula is C62H69F2N11O5S. The minimum Gasteiger partial charge on any atom is -0.508 e. The number of hydrogen-bond acceptors (Lipinski definition) is 15. The fourth-order valence-electron chi connectivity index (χ4n) is 13.3. The first-order valence-electron chi connectivity index (χ1n) is 28.7. The molecule has 2 bridgehead atoms. The van der Waals surface area contributed by atoms with Crippen LogP contribution in [-0.2, 0) is 9.59 Å². The summed E-state index contributed by atoms with van der Waals surface area (Å²) in [6.45, 7) is 14.7. The van der Waals surface area contributed by atoms with Crippen LogP contribution in [0.5, 0.6) is 11.8 Å². The van der Waals surface area contributed by atoms with Crippen molar-refractivity contribution in [1.29, 1.82) is 0 Å². The van der Waals surface area contributed by atoms with E-state index in [-0.39, 0.29) is 69.3 Å². The van der Waals surface area contributed by atoms with Gasteiger partial charge < -0.3 is 39.7 Å². The summed E-state index contributed by atoms with van der Waals surface area (Å²) in [5, 5.41) is 23.1. The predicted molar refractivity (Wildman–Crippen MR) is 309 cm³/mol. The van der Waals surface area contributed by atoms with E-state index in [4.69, 9.17) is 20.7 Å². The molecule has 0 spiro atoms. The summed E-state index contributed by atoms with van der Waals surface area (Å²) in [6, 6.07) is 15.5. The van der Waals surface area contributed by atoms with E-state index >= 15 is 8.78 Å². The van der Waals surface area contributed by atoms with Crippen molar-refractivity contribution in [1.82, 2.24) is 45.5 Å². The fraction of sp³-hybridized carbons (Fsp3) is 0.468. The molecule has 4 aromatic heterocycles. The molecule has 0 unspecified atom stereocenters. The number of aromatic nitrogens is 5. The van der Waals surface area contributed by atoms with E-state index in [0.29, 0.717) is 72.9 Å². The van der Waals surface area contributed by atoms with Gasteiger partial charge in [0.05, 0.1) is 33.1 Å². The molecule has 12 rings (SSSR count). The number of nitrogens with one attached hydrogen (secondary N) is 2. The number of thiazole rings is 1. The summed E-state index contributed by atoms with van der Waals surface area (Å²) in [6.07, 6.45) is 15.1. The molecule has 3 N–H and O–H groups in total. The number of fused-ring (bicyclic) bond motifs is 4. The number of piperidine rings is 2. The number of benzene rings is 3. The lowest BCUT2D eigenvalue weighted by Crippen LogP contribution is -2.48. The lowest BCUT2D eigenvalue weighted by Gasteiger charge is -2.36. The molecule has 9 heterocycles. The van der Waals surface area contributed by atoms with Crippen molar-refractivity contribution in [2.45, 2.75) is 109 Å². The van der Waals surface area contributed by atoms with Crippen molar-refractivity contribution in [3.63, 3.8) is 0 Å². The molecule has 5 aliphatic heterocycles. The first-order valence-corrected chi connectivity index (χ1v) is 29.6. The molecule has 3 aromatic carbocycles. The van der Waals surface area contributed by atoms with Gasteiger partial charge in [0.1, 0.15) is 47.2 Å². The number of piperazine rings is 1. The number of amides is 2. The van der Waals surface area contributed by atoms with Crippen LogP contribution >= 0.6 is 11.3 Å². The second kappa shape index (κ2) is 22.9. The number of carbonyl (C=O) groups is 2. The van der Waals surface area contributed by atoms with Crippen LogP contribution in [0.1, 0.15) is 107 Å². The van der Waals surface area contributed by atoms with Gasteiger partial charge in [-0.2, -0.15) is 9.97 Å². The molecule has 19 heteroatoms. The zero-order valence-electron chi connectivity index (χ0n) is 46.3. The quantitative estimate of drug-likeness (QED) is 0.0779. The Balaban J connectivity index is 0.631. The fourth-order valence-corrected chi connectivity index (χ4v) is 14.1. The standard InChI is InChI=1S/C62H69F2N11O5S/c1-6-46-49(63)14-13-42-27-45(76)29-47(54(42)46)56-55(64)57-48(32-66-56)59(75-33-43-28-44(75)31-65-43)70-62(69-57)79-25-24-72-20-15-38(16-21-72)26-39-17-22-73(23-18-39)52-30-51(80-71-52)53(35(2)3)61(78)74-19-7-8-50(74)60(77)68-36(4)40-9-11-41(12-10-40)58-37(5)67-34-81-58/h1,9-14,27,29-30,32,34-36,38-39,43-44,50,53,65,76H,7-8,15-26,28,31,33H2,2-5H3,(H,68,77)/t36-,43-,44-,50-,53-/m0/s1. The number of phenols is 1. The Bertz CT molecular complexity index is 3510. The van der Waals surface area contributed by atoms with Gasteiger partial charge in [-0.05, 0) is 131 Å². The van der Waals surface area contributed by atoms with Crippen LogP contribution in [0.2, 0.25) is 0 Å². The van der Waals surface area contributed by atoms with Crippen LogP contribution in [-0.4, -0.2) is 129 Å². The Morgan fingerprint density at radius 2 is 1.75 bits per heavy atom. The number of ether oxygens (including phenoxy) is 1. The summed E-state index contributed by atoms with van der Waals surface area (Å²) < 4.78 is 44.3. The molecule has 16 nitrogen and oxygen atoms in total. The highest BCUT2D eigenvalue weighted by atomic mass is 32.1. The molecule has 7 aromatic rings. The summed E-state index contributed by atoms with van der Waals surface area (Å²) in [5.41, 5.74) is 4.98. The Morgan fingerprint density at radius 3 is 2.46 bits per heavy atom. The molecule has 81 heavy (non-hydrogen) atoms. The number of nitrogens with zero attached hydrogens (tertiary/aromatic N) is 9. The second-order valence-electron chi connectivity index (χ2n) is 23.2. The number of carbonyl (C=O) groups excluding carboxylic acids is 2. The van der Waals surface area contributed by atoms with E-state index in [0.717, 1.165) is 98.8 Å². The normalized spacial score (nSPS) is 20.7. The van der Waals surface area contributed by atoms with E-state index in [1.165, 1.54) is 30.7 Å². The largest absolute Gasteiger partial charge is 0.508 e. The molecular weight excluding hydrogens is 1050 g/mol.